The zero-order valence-corrected chi connectivity index (χ0v) is 28.4. The minimum atomic E-state index is -0.170. The van der Waals surface area contributed by atoms with Gasteiger partial charge in [-0.15, -0.1) is 0 Å². The monoisotopic (exact) mass is 696 g/mol. The minimum absolute atomic E-state index is 0.0899. The summed E-state index contributed by atoms with van der Waals surface area (Å²) in [7, 11) is 3.75. The van der Waals surface area contributed by atoms with E-state index in [1.54, 1.807) is 13.2 Å². The summed E-state index contributed by atoms with van der Waals surface area (Å²) in [6.45, 7) is 7.80. The van der Waals surface area contributed by atoms with Crippen LogP contribution in [-0.2, 0) is 16.6 Å². The number of benzene rings is 1. The van der Waals surface area contributed by atoms with E-state index in [2.05, 4.69) is 65.5 Å². The van der Waals surface area contributed by atoms with Crippen molar-refractivity contribution in [1.82, 2.24) is 34.7 Å². The Morgan fingerprint density at radius 1 is 0.978 bits per heavy atom. The summed E-state index contributed by atoms with van der Waals surface area (Å²) >= 11 is 3.42. The van der Waals surface area contributed by atoms with Crippen molar-refractivity contribution >= 4 is 39.3 Å². The third-order valence-electron chi connectivity index (χ3n) is 10.2. The number of piperidine rings is 3. The van der Waals surface area contributed by atoms with Crippen LogP contribution in [0.15, 0.2) is 39.7 Å². The van der Waals surface area contributed by atoms with E-state index in [1.165, 1.54) is 10.2 Å². The molecule has 4 saturated heterocycles. The Kier molecular flexibility index (Phi) is 10.2. The number of aromatic nitrogens is 2. The van der Waals surface area contributed by atoms with Gasteiger partial charge in [0.05, 0.1) is 17.9 Å². The van der Waals surface area contributed by atoms with Crippen LogP contribution >= 0.6 is 15.9 Å². The molecule has 2 N–H and O–H groups in total. The van der Waals surface area contributed by atoms with E-state index in [1.807, 2.05) is 17.0 Å². The van der Waals surface area contributed by atoms with Gasteiger partial charge in [-0.1, -0.05) is 12.1 Å². The lowest BCUT2D eigenvalue weighted by molar-refractivity contribution is -0.138. The van der Waals surface area contributed by atoms with Gasteiger partial charge in [0.15, 0.2) is 0 Å². The molecule has 1 aromatic heterocycles. The van der Waals surface area contributed by atoms with E-state index in [0.717, 1.165) is 83.7 Å². The smallest absolute Gasteiger partial charge is 0.282 e. The number of likely N-dealkylation sites (N-methyl/N-ethyl adjacent to an activating group) is 1. The molecule has 4 fully saturated rings. The number of anilines is 1. The number of hydrogen-bond donors (Lipinski definition) is 2. The number of rotatable bonds is 7. The first-order valence-corrected chi connectivity index (χ1v) is 17.3. The van der Waals surface area contributed by atoms with E-state index < -0.39 is 0 Å². The maximum atomic E-state index is 13.4. The molecule has 0 aliphatic carbocycles. The zero-order valence-electron chi connectivity index (χ0n) is 26.8. The van der Waals surface area contributed by atoms with Gasteiger partial charge in [-0.2, -0.15) is 5.10 Å². The van der Waals surface area contributed by atoms with Crippen LogP contribution in [0.1, 0.15) is 53.9 Å². The van der Waals surface area contributed by atoms with Gasteiger partial charge in [-0.3, -0.25) is 34.3 Å². The highest BCUT2D eigenvalue weighted by Crippen LogP contribution is 2.30. The molecule has 0 saturated carbocycles. The number of nitrogens with one attached hydrogen (secondary N) is 2. The standard InChI is InChI=1S/C33H45BrN8O4/c1-38-20-25(17-26(21-38)36-27-18-35-39(2)33(46)30(27)34)23-3-5-24(6-4-23)32(45)42-15-13-40(14-16-42)19-22-9-11-41(12-10-22)28-7-8-29(43)37-31(28)44/h3-6,18,22,25-26,28,36H,7-17,19-21H2,1-2H3,(H,37,43,44)/t25-,26+,28?/m1/s1. The van der Waals surface area contributed by atoms with Gasteiger partial charge in [0, 0.05) is 70.9 Å². The van der Waals surface area contributed by atoms with Crippen molar-refractivity contribution in [1.29, 1.82) is 0 Å². The SMILES string of the molecule is CN1C[C@@H](Nc2cnn(C)c(=O)c2Br)C[C@@H](c2ccc(C(=O)N3CCN(CC4CCN(C5CCC(=O)NC5=O)CC4)CC3)cc2)C1. The summed E-state index contributed by atoms with van der Waals surface area (Å²) in [6.07, 6.45) is 5.76. The fourth-order valence-corrected chi connectivity index (χ4v) is 8.03. The van der Waals surface area contributed by atoms with Crippen molar-refractivity contribution in [3.05, 3.63) is 56.4 Å². The number of amides is 3. The molecule has 4 aliphatic rings. The third-order valence-corrected chi connectivity index (χ3v) is 10.9. The van der Waals surface area contributed by atoms with Crippen LogP contribution in [-0.4, -0.2) is 125 Å². The Hall–Kier alpha value is -3.13. The fourth-order valence-electron chi connectivity index (χ4n) is 7.55. The Bertz CT molecular complexity index is 1480. The number of halogens is 1. The predicted molar refractivity (Wildman–Crippen MR) is 179 cm³/mol. The molecule has 4 aliphatic heterocycles. The topological polar surface area (TPSA) is 123 Å². The molecule has 13 heteroatoms. The number of carbonyl (C=O) groups excluding carboxylic acids is 3. The molecule has 12 nitrogen and oxygen atoms in total. The van der Waals surface area contributed by atoms with Gasteiger partial charge in [0.1, 0.15) is 4.47 Å². The first-order chi connectivity index (χ1) is 22.1. The molecule has 3 atom stereocenters. The molecule has 1 unspecified atom stereocenters. The van der Waals surface area contributed by atoms with Crippen molar-refractivity contribution in [3.63, 3.8) is 0 Å². The molecule has 0 spiro atoms. The van der Waals surface area contributed by atoms with E-state index in [0.29, 0.717) is 34.8 Å². The first kappa shape index (κ1) is 32.8. The molecule has 248 valence electrons. The van der Waals surface area contributed by atoms with Gasteiger partial charge < -0.3 is 15.1 Å². The molecule has 0 bridgehead atoms. The summed E-state index contributed by atoms with van der Waals surface area (Å²) in [5, 5.41) is 10.2. The van der Waals surface area contributed by atoms with Crippen LogP contribution in [0.3, 0.4) is 0 Å². The summed E-state index contributed by atoms with van der Waals surface area (Å²) in [6, 6.07) is 8.13. The fraction of sp³-hybridized carbons (Fsp3) is 0.606. The van der Waals surface area contributed by atoms with Gasteiger partial charge >= 0.3 is 0 Å². The van der Waals surface area contributed by atoms with E-state index in [9.17, 15) is 19.2 Å². The highest BCUT2D eigenvalue weighted by Gasteiger charge is 2.34. The van der Waals surface area contributed by atoms with Crippen molar-refractivity contribution in [3.8, 4) is 0 Å². The van der Waals surface area contributed by atoms with Crippen LogP contribution in [0.4, 0.5) is 5.69 Å². The van der Waals surface area contributed by atoms with Crippen LogP contribution in [0.2, 0.25) is 0 Å². The van der Waals surface area contributed by atoms with Gasteiger partial charge in [-0.25, -0.2) is 4.68 Å². The minimum Gasteiger partial charge on any atom is -0.379 e. The number of likely N-dealkylation sites (tertiary alicyclic amines) is 2. The summed E-state index contributed by atoms with van der Waals surface area (Å²) in [4.78, 5) is 58.4. The molecule has 5 heterocycles. The van der Waals surface area contributed by atoms with Gasteiger partial charge in [0.25, 0.3) is 11.5 Å². The van der Waals surface area contributed by atoms with Crippen LogP contribution in [0.25, 0.3) is 0 Å². The zero-order chi connectivity index (χ0) is 32.4. The lowest BCUT2D eigenvalue weighted by atomic mass is 9.87. The molecule has 6 rings (SSSR count). The Morgan fingerprint density at radius 3 is 2.39 bits per heavy atom. The average Bonchev–Trinajstić information content (AvgIpc) is 3.05. The number of imide groups is 1. The van der Waals surface area contributed by atoms with Crippen molar-refractivity contribution < 1.29 is 14.4 Å². The lowest BCUT2D eigenvalue weighted by Gasteiger charge is -2.41. The maximum absolute atomic E-state index is 13.4. The third kappa shape index (κ3) is 7.53. The van der Waals surface area contributed by atoms with Gasteiger partial charge in [0.2, 0.25) is 11.8 Å². The second-order valence-corrected chi connectivity index (χ2v) is 14.3. The molecule has 3 amide bonds. The van der Waals surface area contributed by atoms with Crippen molar-refractivity contribution in [2.24, 2.45) is 13.0 Å². The normalized spacial score (nSPS) is 25.8. The lowest BCUT2D eigenvalue weighted by Crippen LogP contribution is -2.55. The van der Waals surface area contributed by atoms with Gasteiger partial charge in [-0.05, 0) is 91.3 Å². The first-order valence-electron chi connectivity index (χ1n) is 16.5. The van der Waals surface area contributed by atoms with E-state index in [4.69, 9.17) is 0 Å². The highest BCUT2D eigenvalue weighted by atomic mass is 79.9. The van der Waals surface area contributed by atoms with Crippen molar-refractivity contribution in [2.45, 2.75) is 50.1 Å². The van der Waals surface area contributed by atoms with E-state index in [-0.39, 0.29) is 35.4 Å². The Labute approximate surface area is 278 Å². The molecular weight excluding hydrogens is 652 g/mol. The van der Waals surface area contributed by atoms with Crippen molar-refractivity contribution in [2.75, 3.05) is 71.3 Å². The number of hydrogen-bond acceptors (Lipinski definition) is 9. The summed E-state index contributed by atoms with van der Waals surface area (Å²) in [5.74, 6) is 0.682. The summed E-state index contributed by atoms with van der Waals surface area (Å²) < 4.78 is 1.80. The second kappa shape index (κ2) is 14.3. The number of carbonyl (C=O) groups is 3. The largest absolute Gasteiger partial charge is 0.379 e. The highest BCUT2D eigenvalue weighted by molar-refractivity contribution is 9.10. The molecule has 46 heavy (non-hydrogen) atoms. The average molecular weight is 698 g/mol. The molecule has 1 aromatic carbocycles. The van der Waals surface area contributed by atoms with Crippen LogP contribution in [0.5, 0.6) is 0 Å². The number of piperazine rings is 1. The predicted octanol–water partition coefficient (Wildman–Crippen LogP) is 1.72. The Morgan fingerprint density at radius 2 is 1.70 bits per heavy atom. The number of nitrogens with zero attached hydrogens (tertiary/aromatic N) is 6. The number of aryl methyl sites for hydroxylation is 1. The Balaban J connectivity index is 0.962. The quantitative estimate of drug-likeness (QED) is 0.417. The molecule has 0 radical (unpaired) electrons. The van der Waals surface area contributed by atoms with Crippen LogP contribution < -0.4 is 16.2 Å². The second-order valence-electron chi connectivity index (χ2n) is 13.5. The molecule has 2 aromatic rings. The van der Waals surface area contributed by atoms with E-state index >= 15 is 0 Å². The molecular formula is C33H45BrN8O4. The summed E-state index contributed by atoms with van der Waals surface area (Å²) in [5.41, 5.74) is 2.48. The maximum Gasteiger partial charge on any atom is 0.282 e. The van der Waals surface area contributed by atoms with Crippen LogP contribution in [0, 0.1) is 5.92 Å².